The fraction of sp³-hybridized carbons (Fsp3) is 0.278. The van der Waals surface area contributed by atoms with Gasteiger partial charge >= 0.3 is 0 Å². The molecule has 0 fully saturated rings. The minimum absolute atomic E-state index is 0.0445. The fourth-order valence-corrected chi connectivity index (χ4v) is 2.17. The Labute approximate surface area is 136 Å². The highest BCUT2D eigenvalue weighted by molar-refractivity contribution is 5.90. The third-order valence-electron chi connectivity index (χ3n) is 3.43. The quantitative estimate of drug-likeness (QED) is 0.852. The van der Waals surface area contributed by atoms with E-state index < -0.39 is 0 Å². The van der Waals surface area contributed by atoms with Crippen LogP contribution in [0.15, 0.2) is 42.5 Å². The number of carbonyl (C=O) groups is 1. The molecule has 122 valence electrons. The second-order valence-corrected chi connectivity index (χ2v) is 5.00. The number of hydrogen-bond donors (Lipinski definition) is 1. The first-order valence-electron chi connectivity index (χ1n) is 7.30. The number of nitrogens with one attached hydrogen (secondary N) is 1. The van der Waals surface area contributed by atoms with Gasteiger partial charge in [-0.05, 0) is 48.4 Å². The number of carbonyl (C=O) groups excluding carboxylic acids is 1. The molecule has 2 aromatic carbocycles. The van der Waals surface area contributed by atoms with Crippen molar-refractivity contribution in [1.82, 2.24) is 0 Å². The van der Waals surface area contributed by atoms with Crippen LogP contribution in [0.1, 0.15) is 12.0 Å². The predicted molar refractivity (Wildman–Crippen MR) is 89.5 cm³/mol. The van der Waals surface area contributed by atoms with Crippen molar-refractivity contribution in [1.29, 1.82) is 0 Å². The maximum Gasteiger partial charge on any atom is 0.224 e. The lowest BCUT2D eigenvalue weighted by Crippen LogP contribution is -2.12. The second kappa shape index (κ2) is 8.08. The van der Waals surface area contributed by atoms with Crippen LogP contribution in [-0.2, 0) is 11.2 Å². The van der Waals surface area contributed by atoms with Gasteiger partial charge in [-0.2, -0.15) is 0 Å². The van der Waals surface area contributed by atoms with Crippen LogP contribution in [0.2, 0.25) is 0 Å². The SMILES string of the molecule is COc1ccc(NC(=O)CCc2cc(OC)cc(OC)c2)cc1. The van der Waals surface area contributed by atoms with Gasteiger partial charge in [0.25, 0.3) is 0 Å². The van der Waals surface area contributed by atoms with Gasteiger partial charge in [0.1, 0.15) is 17.2 Å². The van der Waals surface area contributed by atoms with Gasteiger partial charge in [0.2, 0.25) is 5.91 Å². The monoisotopic (exact) mass is 315 g/mol. The van der Waals surface area contributed by atoms with Crippen LogP contribution in [0.4, 0.5) is 5.69 Å². The Morgan fingerprint density at radius 3 is 1.96 bits per heavy atom. The third-order valence-corrected chi connectivity index (χ3v) is 3.43. The molecule has 23 heavy (non-hydrogen) atoms. The molecule has 5 heteroatoms. The fourth-order valence-electron chi connectivity index (χ4n) is 2.17. The van der Waals surface area contributed by atoms with Crippen molar-refractivity contribution in [3.05, 3.63) is 48.0 Å². The molecule has 0 unspecified atom stereocenters. The molecule has 2 rings (SSSR count). The normalized spacial score (nSPS) is 10.0. The summed E-state index contributed by atoms with van der Waals surface area (Å²) in [6, 6.07) is 12.9. The second-order valence-electron chi connectivity index (χ2n) is 5.00. The van der Waals surface area contributed by atoms with Crippen molar-refractivity contribution in [2.75, 3.05) is 26.6 Å². The van der Waals surface area contributed by atoms with Gasteiger partial charge in [0.15, 0.2) is 0 Å². The Balaban J connectivity index is 1.93. The van der Waals surface area contributed by atoms with E-state index in [1.54, 1.807) is 27.4 Å². The zero-order chi connectivity index (χ0) is 16.7. The van der Waals surface area contributed by atoms with Gasteiger partial charge in [-0.15, -0.1) is 0 Å². The average Bonchev–Trinajstić information content (AvgIpc) is 2.60. The first kappa shape index (κ1) is 16.7. The maximum absolute atomic E-state index is 12.0. The first-order valence-corrected chi connectivity index (χ1v) is 7.30. The Morgan fingerprint density at radius 1 is 0.870 bits per heavy atom. The molecule has 0 aliphatic rings. The number of aryl methyl sites for hydroxylation is 1. The predicted octanol–water partition coefficient (Wildman–Crippen LogP) is 3.28. The topological polar surface area (TPSA) is 56.8 Å². The number of anilines is 1. The molecule has 0 heterocycles. The summed E-state index contributed by atoms with van der Waals surface area (Å²) in [5.41, 5.74) is 1.74. The number of benzene rings is 2. The minimum atomic E-state index is -0.0445. The molecule has 0 aliphatic carbocycles. The molecule has 0 radical (unpaired) electrons. The summed E-state index contributed by atoms with van der Waals surface area (Å²) in [6.07, 6.45) is 0.984. The lowest BCUT2D eigenvalue weighted by Gasteiger charge is -2.09. The molecule has 0 saturated heterocycles. The molecule has 1 N–H and O–H groups in total. The molecule has 0 saturated carbocycles. The molecule has 0 atom stereocenters. The van der Waals surface area contributed by atoms with E-state index in [0.717, 1.165) is 28.5 Å². The lowest BCUT2D eigenvalue weighted by atomic mass is 10.1. The smallest absolute Gasteiger partial charge is 0.224 e. The van der Waals surface area contributed by atoms with E-state index in [1.807, 2.05) is 36.4 Å². The van der Waals surface area contributed by atoms with Gasteiger partial charge in [-0.25, -0.2) is 0 Å². The molecule has 0 spiro atoms. The number of amides is 1. The van der Waals surface area contributed by atoms with Crippen LogP contribution in [0.5, 0.6) is 17.2 Å². The summed E-state index contributed by atoms with van der Waals surface area (Å²) in [6.45, 7) is 0. The van der Waals surface area contributed by atoms with E-state index in [0.29, 0.717) is 12.8 Å². The Hall–Kier alpha value is -2.69. The highest BCUT2D eigenvalue weighted by atomic mass is 16.5. The van der Waals surface area contributed by atoms with E-state index in [4.69, 9.17) is 14.2 Å². The maximum atomic E-state index is 12.0. The number of methoxy groups -OCH3 is 3. The molecule has 0 aliphatic heterocycles. The Morgan fingerprint density at radius 2 is 1.43 bits per heavy atom. The molecular weight excluding hydrogens is 294 g/mol. The molecular formula is C18H21NO4. The highest BCUT2D eigenvalue weighted by Crippen LogP contribution is 2.23. The van der Waals surface area contributed by atoms with E-state index in [2.05, 4.69) is 5.32 Å². The van der Waals surface area contributed by atoms with Crippen LogP contribution >= 0.6 is 0 Å². The number of ether oxygens (including phenoxy) is 3. The van der Waals surface area contributed by atoms with Crippen molar-refractivity contribution in [2.45, 2.75) is 12.8 Å². The molecule has 0 aromatic heterocycles. The van der Waals surface area contributed by atoms with E-state index >= 15 is 0 Å². The summed E-state index contributed by atoms with van der Waals surface area (Å²) >= 11 is 0. The number of rotatable bonds is 7. The summed E-state index contributed by atoms with van der Waals surface area (Å²) in [4.78, 5) is 12.0. The highest BCUT2D eigenvalue weighted by Gasteiger charge is 2.06. The molecule has 1 amide bonds. The van der Waals surface area contributed by atoms with E-state index in [1.165, 1.54) is 0 Å². The van der Waals surface area contributed by atoms with Crippen LogP contribution in [0.25, 0.3) is 0 Å². The lowest BCUT2D eigenvalue weighted by molar-refractivity contribution is -0.116. The zero-order valence-corrected chi connectivity index (χ0v) is 13.6. The summed E-state index contributed by atoms with van der Waals surface area (Å²) < 4.78 is 15.5. The van der Waals surface area contributed by atoms with E-state index in [9.17, 15) is 4.79 Å². The summed E-state index contributed by atoms with van der Waals surface area (Å²) in [5, 5.41) is 2.86. The molecule has 5 nitrogen and oxygen atoms in total. The van der Waals surface area contributed by atoms with Crippen molar-refractivity contribution in [3.8, 4) is 17.2 Å². The van der Waals surface area contributed by atoms with Gasteiger partial charge in [0, 0.05) is 18.2 Å². The van der Waals surface area contributed by atoms with Crippen molar-refractivity contribution >= 4 is 11.6 Å². The summed E-state index contributed by atoms with van der Waals surface area (Å²) in [5.74, 6) is 2.15. The van der Waals surface area contributed by atoms with Gasteiger partial charge in [-0.1, -0.05) is 0 Å². The van der Waals surface area contributed by atoms with Crippen molar-refractivity contribution in [3.63, 3.8) is 0 Å². The van der Waals surface area contributed by atoms with Crippen LogP contribution in [0, 0.1) is 0 Å². The molecule has 2 aromatic rings. The minimum Gasteiger partial charge on any atom is -0.497 e. The van der Waals surface area contributed by atoms with Crippen LogP contribution < -0.4 is 19.5 Å². The van der Waals surface area contributed by atoms with Gasteiger partial charge < -0.3 is 19.5 Å². The first-order chi connectivity index (χ1) is 11.1. The van der Waals surface area contributed by atoms with Crippen molar-refractivity contribution in [2.24, 2.45) is 0 Å². The third kappa shape index (κ3) is 4.92. The van der Waals surface area contributed by atoms with Crippen molar-refractivity contribution < 1.29 is 19.0 Å². The van der Waals surface area contributed by atoms with Crippen LogP contribution in [0.3, 0.4) is 0 Å². The standard InChI is InChI=1S/C18H21NO4/c1-21-15-7-5-14(6-8-15)19-18(20)9-4-13-10-16(22-2)12-17(11-13)23-3/h5-8,10-12H,4,9H2,1-3H3,(H,19,20). The number of hydrogen-bond acceptors (Lipinski definition) is 4. The van der Waals surface area contributed by atoms with Gasteiger partial charge in [0.05, 0.1) is 21.3 Å². The Kier molecular flexibility index (Phi) is 5.86. The largest absolute Gasteiger partial charge is 0.497 e. The Bertz CT molecular complexity index is 630. The van der Waals surface area contributed by atoms with Gasteiger partial charge in [-0.3, -0.25) is 4.79 Å². The average molecular weight is 315 g/mol. The van der Waals surface area contributed by atoms with Crippen LogP contribution in [-0.4, -0.2) is 27.2 Å². The zero-order valence-electron chi connectivity index (χ0n) is 13.6. The summed E-state index contributed by atoms with van der Waals surface area (Å²) in [7, 11) is 4.82. The van der Waals surface area contributed by atoms with E-state index in [-0.39, 0.29) is 5.91 Å². The molecule has 0 bridgehead atoms.